The molecule has 16 heavy (non-hydrogen) atoms. The topological polar surface area (TPSA) is 26.9 Å². The lowest BCUT2D eigenvalue weighted by Gasteiger charge is -2.09. The minimum atomic E-state index is -4.38. The molecule has 0 unspecified atom stereocenters. The zero-order chi connectivity index (χ0) is 12.2. The Balaban J connectivity index is 2.83. The molecule has 1 heterocycles. The number of unbranched alkanes of at least 4 members (excludes halogenated alkanes) is 2. The lowest BCUT2D eigenvalue weighted by atomic mass is 10.1. The average molecular weight is 233 g/mol. The van der Waals surface area contributed by atoms with Gasteiger partial charge in [0.1, 0.15) is 0 Å². The fraction of sp³-hybridized carbons (Fsp3) is 0.545. The van der Waals surface area contributed by atoms with Crippen LogP contribution in [0.15, 0.2) is 18.3 Å². The Kier molecular flexibility index (Phi) is 4.15. The van der Waals surface area contributed by atoms with Crippen molar-refractivity contribution in [3.05, 3.63) is 34.8 Å². The van der Waals surface area contributed by atoms with E-state index in [4.69, 9.17) is 0 Å². The lowest BCUT2D eigenvalue weighted by molar-refractivity contribution is -0.614. The second kappa shape index (κ2) is 5.18. The number of rotatable bonds is 4. The third-order valence-electron chi connectivity index (χ3n) is 2.36. The predicted molar refractivity (Wildman–Crippen MR) is 53.6 cm³/mol. The van der Waals surface area contributed by atoms with Crippen molar-refractivity contribution >= 4 is 0 Å². The van der Waals surface area contributed by atoms with E-state index in [0.717, 1.165) is 37.6 Å². The first-order chi connectivity index (χ1) is 7.45. The van der Waals surface area contributed by atoms with Gasteiger partial charge in [0.25, 0.3) is 0 Å². The molecule has 2 nitrogen and oxygen atoms in total. The van der Waals surface area contributed by atoms with Gasteiger partial charge in [-0.05, 0) is 6.42 Å². The molecule has 0 amide bonds. The number of hydrogen-bond donors (Lipinski definition) is 0. The number of aryl methyl sites for hydroxylation is 1. The summed E-state index contributed by atoms with van der Waals surface area (Å²) in [6.45, 7) is 2.00. The summed E-state index contributed by atoms with van der Waals surface area (Å²) in [7, 11) is 0. The number of halogens is 3. The van der Waals surface area contributed by atoms with Crippen molar-refractivity contribution < 1.29 is 17.9 Å². The monoisotopic (exact) mass is 233 g/mol. The van der Waals surface area contributed by atoms with Crippen LogP contribution in [0.1, 0.15) is 37.4 Å². The van der Waals surface area contributed by atoms with E-state index >= 15 is 0 Å². The van der Waals surface area contributed by atoms with Gasteiger partial charge in [-0.25, -0.2) is 0 Å². The molecule has 0 bridgehead atoms. The molecule has 0 aromatic carbocycles. The minimum Gasteiger partial charge on any atom is -0.619 e. The van der Waals surface area contributed by atoms with Crippen LogP contribution in [0.5, 0.6) is 0 Å². The number of hydrogen-bond acceptors (Lipinski definition) is 1. The quantitative estimate of drug-likeness (QED) is 0.446. The molecule has 5 heteroatoms. The summed E-state index contributed by atoms with van der Waals surface area (Å²) in [6, 6.07) is 1.74. The molecule has 90 valence electrons. The van der Waals surface area contributed by atoms with Crippen LogP contribution in [0.3, 0.4) is 0 Å². The van der Waals surface area contributed by atoms with Crippen LogP contribution >= 0.6 is 0 Å². The van der Waals surface area contributed by atoms with Crippen molar-refractivity contribution in [2.24, 2.45) is 0 Å². The zero-order valence-electron chi connectivity index (χ0n) is 9.05. The van der Waals surface area contributed by atoms with Gasteiger partial charge in [-0.15, -0.1) is 0 Å². The Morgan fingerprint density at radius 2 is 2.00 bits per heavy atom. The molecule has 1 aromatic heterocycles. The highest BCUT2D eigenvalue weighted by Crippen LogP contribution is 2.28. The predicted octanol–water partition coefficient (Wildman–Crippen LogP) is 3.07. The maximum Gasteiger partial charge on any atom is 0.416 e. The maximum atomic E-state index is 12.4. The van der Waals surface area contributed by atoms with E-state index in [1.54, 1.807) is 0 Å². The Hall–Kier alpha value is -1.26. The highest BCUT2D eigenvalue weighted by molar-refractivity contribution is 5.16. The minimum absolute atomic E-state index is 0.184. The van der Waals surface area contributed by atoms with Crippen molar-refractivity contribution in [1.29, 1.82) is 0 Å². The number of pyridine rings is 1. The summed E-state index contributed by atoms with van der Waals surface area (Å²) in [6.07, 6.45) is -0.451. The number of alkyl halides is 3. The van der Waals surface area contributed by atoms with Gasteiger partial charge < -0.3 is 5.21 Å². The molecule has 0 saturated heterocycles. The summed E-state index contributed by atoms with van der Waals surface area (Å²) in [5.41, 5.74) is -0.575. The second-order valence-corrected chi connectivity index (χ2v) is 3.69. The molecule has 1 aromatic rings. The van der Waals surface area contributed by atoms with Crippen LogP contribution in [0.2, 0.25) is 0 Å². The lowest BCUT2D eigenvalue weighted by Crippen LogP contribution is -2.32. The first-order valence-electron chi connectivity index (χ1n) is 5.24. The highest BCUT2D eigenvalue weighted by atomic mass is 19.4. The molecule has 0 atom stereocenters. The molecule has 0 N–H and O–H groups in total. The van der Waals surface area contributed by atoms with Crippen molar-refractivity contribution in [2.45, 2.75) is 38.8 Å². The number of nitrogens with zero attached hydrogens (tertiary/aromatic N) is 1. The van der Waals surface area contributed by atoms with E-state index in [9.17, 15) is 18.4 Å². The van der Waals surface area contributed by atoms with E-state index in [1.807, 2.05) is 6.92 Å². The van der Waals surface area contributed by atoms with Crippen molar-refractivity contribution in [3.63, 3.8) is 0 Å². The maximum absolute atomic E-state index is 12.4. The van der Waals surface area contributed by atoms with E-state index < -0.39 is 11.7 Å². The van der Waals surface area contributed by atoms with Crippen LogP contribution in [0, 0.1) is 5.21 Å². The summed E-state index contributed by atoms with van der Waals surface area (Å²) >= 11 is 0. The van der Waals surface area contributed by atoms with Crippen LogP contribution in [0.25, 0.3) is 0 Å². The van der Waals surface area contributed by atoms with Crippen molar-refractivity contribution in [1.82, 2.24) is 0 Å². The highest BCUT2D eigenvalue weighted by Gasteiger charge is 2.32. The second-order valence-electron chi connectivity index (χ2n) is 3.69. The summed E-state index contributed by atoms with van der Waals surface area (Å²) in [4.78, 5) is 0. The molecule has 0 saturated carbocycles. The normalized spacial score (nSPS) is 11.8. The molecule has 0 spiro atoms. The van der Waals surface area contributed by atoms with Gasteiger partial charge in [-0.3, -0.25) is 0 Å². The number of aromatic nitrogens is 1. The van der Waals surface area contributed by atoms with E-state index in [1.165, 1.54) is 0 Å². The van der Waals surface area contributed by atoms with E-state index in [-0.39, 0.29) is 5.69 Å². The Bertz CT molecular complexity index is 350. The van der Waals surface area contributed by atoms with Gasteiger partial charge in [0.2, 0.25) is 0 Å². The van der Waals surface area contributed by atoms with Gasteiger partial charge >= 0.3 is 6.18 Å². The molecular weight excluding hydrogens is 219 g/mol. The fourth-order valence-corrected chi connectivity index (χ4v) is 1.45. The molecular formula is C11H14F3NO. The Morgan fingerprint density at radius 1 is 1.31 bits per heavy atom. The Labute approximate surface area is 92.3 Å². The summed E-state index contributed by atoms with van der Waals surface area (Å²) in [5, 5.41) is 11.2. The van der Waals surface area contributed by atoms with Gasteiger partial charge in [0.05, 0.1) is 5.56 Å². The van der Waals surface area contributed by atoms with E-state index in [2.05, 4.69) is 0 Å². The van der Waals surface area contributed by atoms with E-state index in [0.29, 0.717) is 11.2 Å². The Morgan fingerprint density at radius 3 is 2.56 bits per heavy atom. The van der Waals surface area contributed by atoms with Crippen LogP contribution in [0.4, 0.5) is 13.2 Å². The largest absolute Gasteiger partial charge is 0.619 e. The van der Waals surface area contributed by atoms with Crippen molar-refractivity contribution in [3.8, 4) is 0 Å². The molecule has 1 rings (SSSR count). The summed E-state index contributed by atoms with van der Waals surface area (Å²) < 4.78 is 37.6. The van der Waals surface area contributed by atoms with Crippen molar-refractivity contribution in [2.75, 3.05) is 0 Å². The summed E-state index contributed by atoms with van der Waals surface area (Å²) in [5.74, 6) is 0. The van der Waals surface area contributed by atoms with Crippen LogP contribution in [-0.4, -0.2) is 0 Å². The van der Waals surface area contributed by atoms with Crippen LogP contribution < -0.4 is 4.73 Å². The molecule has 0 aliphatic heterocycles. The van der Waals surface area contributed by atoms with Gasteiger partial charge in [-0.1, -0.05) is 19.8 Å². The molecule has 0 aliphatic carbocycles. The molecule has 0 aliphatic rings. The smallest absolute Gasteiger partial charge is 0.416 e. The SMILES string of the molecule is CCCCCc1cc(C(F)(F)F)cc[n+]1[O-]. The fourth-order valence-electron chi connectivity index (χ4n) is 1.45. The molecule has 0 radical (unpaired) electrons. The average Bonchev–Trinajstić information content (AvgIpc) is 2.19. The zero-order valence-corrected chi connectivity index (χ0v) is 9.05. The first kappa shape index (κ1) is 12.8. The van der Waals surface area contributed by atoms with Gasteiger partial charge in [0, 0.05) is 18.6 Å². The molecule has 0 fully saturated rings. The van der Waals surface area contributed by atoms with Gasteiger partial charge in [-0.2, -0.15) is 17.9 Å². The standard InChI is InChI=1S/C11H14F3NO/c1-2-3-4-5-10-8-9(11(12,13)14)6-7-15(10)16/h6-8H,2-5H2,1H3. The first-order valence-corrected chi connectivity index (χ1v) is 5.24. The van der Waals surface area contributed by atoms with Gasteiger partial charge in [0.15, 0.2) is 11.9 Å². The van der Waals surface area contributed by atoms with Crippen LogP contribution in [-0.2, 0) is 12.6 Å². The third kappa shape index (κ3) is 3.40. The third-order valence-corrected chi connectivity index (χ3v) is 2.36.